The number of hydrogen-bond donors (Lipinski definition) is 6. The molecule has 0 radical (unpaired) electrons. The molecule has 4 amide bonds. The summed E-state index contributed by atoms with van der Waals surface area (Å²) in [5.74, 6) is -4.34. The topological polar surface area (TPSA) is 194 Å². The fourth-order valence-electron chi connectivity index (χ4n) is 1.31. The van der Waals surface area contributed by atoms with Crippen LogP contribution in [0.5, 0.6) is 0 Å². The molecule has 11 heteroatoms. The highest BCUT2D eigenvalue weighted by atomic mass is 16.4. The molecule has 0 rings (SSSR count). The number of amides is 4. The highest BCUT2D eigenvalue weighted by Crippen LogP contribution is 1.94. The zero-order chi connectivity index (χ0) is 17.3. The second kappa shape index (κ2) is 9.28. The first-order valence-electron chi connectivity index (χ1n) is 6.25. The van der Waals surface area contributed by atoms with Crippen molar-refractivity contribution in [3.05, 3.63) is 0 Å². The summed E-state index contributed by atoms with van der Waals surface area (Å²) < 4.78 is 0. The van der Waals surface area contributed by atoms with Gasteiger partial charge in [-0.15, -0.1) is 0 Å². The molecule has 0 heterocycles. The molecule has 0 saturated carbocycles. The second-order valence-corrected chi connectivity index (χ2v) is 4.34. The zero-order valence-electron chi connectivity index (χ0n) is 11.9. The summed E-state index contributed by atoms with van der Waals surface area (Å²) in [5.41, 5.74) is 9.90. The average Bonchev–Trinajstić information content (AvgIpc) is 2.43. The molecule has 0 aromatic heterocycles. The Bertz CT molecular complexity index is 466. The maximum atomic E-state index is 11.7. The second-order valence-electron chi connectivity index (χ2n) is 4.34. The van der Waals surface area contributed by atoms with Crippen LogP contribution in [0.25, 0.3) is 0 Å². The lowest BCUT2D eigenvalue weighted by atomic mass is 10.2. The lowest BCUT2D eigenvalue weighted by molar-refractivity contribution is -0.143. The number of primary amides is 1. The molecule has 0 aliphatic rings. The van der Waals surface area contributed by atoms with Crippen LogP contribution < -0.4 is 27.4 Å². The van der Waals surface area contributed by atoms with E-state index in [1.165, 1.54) is 6.92 Å². The van der Waals surface area contributed by atoms with Crippen molar-refractivity contribution in [3.8, 4) is 0 Å². The van der Waals surface area contributed by atoms with Crippen molar-refractivity contribution in [2.45, 2.75) is 25.4 Å². The third-order valence-electron chi connectivity index (χ3n) is 2.42. The van der Waals surface area contributed by atoms with Crippen LogP contribution in [0.15, 0.2) is 0 Å². The first-order valence-corrected chi connectivity index (χ1v) is 6.25. The summed E-state index contributed by atoms with van der Waals surface area (Å²) in [5, 5.41) is 15.3. The highest BCUT2D eigenvalue weighted by Gasteiger charge is 2.25. The molecule has 2 atom stereocenters. The van der Waals surface area contributed by atoms with Gasteiger partial charge < -0.3 is 32.5 Å². The van der Waals surface area contributed by atoms with E-state index in [1.807, 2.05) is 0 Å². The van der Waals surface area contributed by atoms with E-state index >= 15 is 0 Å². The number of nitrogens with two attached hydrogens (primary N) is 2. The number of hydrogen-bond acceptors (Lipinski definition) is 6. The molecular weight excluding hydrogens is 298 g/mol. The fraction of sp³-hybridized carbons (Fsp3) is 0.545. The fourth-order valence-corrected chi connectivity index (χ4v) is 1.31. The number of carbonyl (C=O) groups is 5. The van der Waals surface area contributed by atoms with Crippen LogP contribution >= 0.6 is 0 Å². The maximum absolute atomic E-state index is 11.7. The summed E-state index contributed by atoms with van der Waals surface area (Å²) in [7, 11) is 0. The molecule has 0 bridgehead atoms. The summed E-state index contributed by atoms with van der Waals surface area (Å²) in [6.45, 7) is 0.648. The van der Waals surface area contributed by atoms with Crippen molar-refractivity contribution in [1.82, 2.24) is 16.0 Å². The van der Waals surface area contributed by atoms with Gasteiger partial charge in [-0.2, -0.15) is 0 Å². The van der Waals surface area contributed by atoms with Crippen molar-refractivity contribution in [2.24, 2.45) is 11.5 Å². The van der Waals surface area contributed by atoms with E-state index in [9.17, 15) is 24.0 Å². The molecular formula is C11H19N5O6. The van der Waals surface area contributed by atoms with Crippen molar-refractivity contribution in [2.75, 3.05) is 13.1 Å². The molecule has 0 aliphatic heterocycles. The van der Waals surface area contributed by atoms with E-state index < -0.39 is 48.1 Å². The van der Waals surface area contributed by atoms with Gasteiger partial charge in [-0.25, -0.2) is 4.79 Å². The summed E-state index contributed by atoms with van der Waals surface area (Å²) in [4.78, 5) is 55.6. The molecule has 0 aromatic carbocycles. The van der Waals surface area contributed by atoms with E-state index in [1.54, 1.807) is 0 Å². The lowest BCUT2D eigenvalue weighted by Crippen LogP contribution is -2.52. The van der Waals surface area contributed by atoms with E-state index in [0.717, 1.165) is 0 Å². The van der Waals surface area contributed by atoms with Crippen LogP contribution in [-0.2, 0) is 24.0 Å². The predicted octanol–water partition coefficient (Wildman–Crippen LogP) is -3.99. The molecule has 0 aromatic rings. The number of carbonyl (C=O) groups excluding carboxylic acids is 4. The number of carboxylic acids is 1. The summed E-state index contributed by atoms with van der Waals surface area (Å²) in [6.07, 6.45) is -0.575. The van der Waals surface area contributed by atoms with Gasteiger partial charge in [-0.05, 0) is 6.92 Å². The summed E-state index contributed by atoms with van der Waals surface area (Å²) in [6, 6.07) is -2.56. The van der Waals surface area contributed by atoms with Crippen molar-refractivity contribution in [3.63, 3.8) is 0 Å². The van der Waals surface area contributed by atoms with E-state index in [4.69, 9.17) is 16.6 Å². The summed E-state index contributed by atoms with van der Waals surface area (Å²) >= 11 is 0. The van der Waals surface area contributed by atoms with Gasteiger partial charge in [-0.3, -0.25) is 19.2 Å². The minimum atomic E-state index is -1.48. The minimum Gasteiger partial charge on any atom is -0.480 e. The third kappa shape index (κ3) is 7.79. The Morgan fingerprint density at radius 3 is 2.14 bits per heavy atom. The first-order chi connectivity index (χ1) is 10.2. The van der Waals surface area contributed by atoms with Gasteiger partial charge in [0.05, 0.1) is 19.5 Å². The van der Waals surface area contributed by atoms with E-state index in [-0.39, 0.29) is 13.1 Å². The van der Waals surface area contributed by atoms with Gasteiger partial charge in [0.15, 0.2) is 0 Å². The Kier molecular flexibility index (Phi) is 8.15. The molecule has 22 heavy (non-hydrogen) atoms. The smallest absolute Gasteiger partial charge is 0.326 e. The molecule has 8 N–H and O–H groups in total. The molecule has 0 spiro atoms. The standard InChI is InChI=1S/C11H19N5O6/c1-5(15-9(19)4-14-8(18)3-12)10(20)16-6(11(21)22)2-7(13)17/h5-6H,2-4,12H2,1H3,(H2,13,17)(H,14,18)(H,15,19)(H,16,20)(H,21,22). The number of aliphatic carboxylic acids is 1. The minimum absolute atomic E-state index is 0.281. The van der Waals surface area contributed by atoms with Crippen LogP contribution in [0.3, 0.4) is 0 Å². The van der Waals surface area contributed by atoms with Gasteiger partial charge in [0.1, 0.15) is 12.1 Å². The Labute approximate surface area is 125 Å². The van der Waals surface area contributed by atoms with Crippen LogP contribution in [-0.4, -0.2) is 59.9 Å². The monoisotopic (exact) mass is 317 g/mol. The van der Waals surface area contributed by atoms with Crippen molar-refractivity contribution in [1.29, 1.82) is 0 Å². The van der Waals surface area contributed by atoms with Crippen molar-refractivity contribution >= 4 is 29.6 Å². The number of carboxylic acid groups (broad SMARTS) is 1. The lowest BCUT2D eigenvalue weighted by Gasteiger charge is -2.18. The average molecular weight is 317 g/mol. The largest absolute Gasteiger partial charge is 0.480 e. The predicted molar refractivity (Wildman–Crippen MR) is 73.0 cm³/mol. The molecule has 11 nitrogen and oxygen atoms in total. The number of rotatable bonds is 9. The van der Waals surface area contributed by atoms with E-state index in [0.29, 0.717) is 0 Å². The molecule has 0 aliphatic carbocycles. The van der Waals surface area contributed by atoms with Gasteiger partial charge in [0.2, 0.25) is 23.6 Å². The third-order valence-corrected chi connectivity index (χ3v) is 2.42. The first kappa shape index (κ1) is 19.3. The quantitative estimate of drug-likeness (QED) is 0.249. The molecule has 124 valence electrons. The van der Waals surface area contributed by atoms with Crippen LogP contribution in [0.1, 0.15) is 13.3 Å². The van der Waals surface area contributed by atoms with Gasteiger partial charge in [0, 0.05) is 0 Å². The van der Waals surface area contributed by atoms with Crippen LogP contribution in [0.2, 0.25) is 0 Å². The molecule has 0 saturated heterocycles. The van der Waals surface area contributed by atoms with Crippen molar-refractivity contribution < 1.29 is 29.1 Å². The molecule has 0 fully saturated rings. The van der Waals surface area contributed by atoms with Crippen LogP contribution in [0, 0.1) is 0 Å². The number of nitrogens with one attached hydrogen (secondary N) is 3. The molecule has 2 unspecified atom stereocenters. The van der Waals surface area contributed by atoms with Gasteiger partial charge >= 0.3 is 5.97 Å². The zero-order valence-corrected chi connectivity index (χ0v) is 11.9. The Morgan fingerprint density at radius 1 is 1.09 bits per heavy atom. The Hall–Kier alpha value is -2.69. The normalized spacial score (nSPS) is 12.6. The Morgan fingerprint density at radius 2 is 1.68 bits per heavy atom. The SMILES string of the molecule is CC(NC(=O)CNC(=O)CN)C(=O)NC(CC(N)=O)C(=O)O. The maximum Gasteiger partial charge on any atom is 0.326 e. The van der Waals surface area contributed by atoms with Gasteiger partial charge in [0.25, 0.3) is 0 Å². The Balaban J connectivity index is 4.40. The highest BCUT2D eigenvalue weighted by molar-refractivity contribution is 5.93. The van der Waals surface area contributed by atoms with Gasteiger partial charge in [-0.1, -0.05) is 0 Å². The van der Waals surface area contributed by atoms with E-state index in [2.05, 4.69) is 16.0 Å². The van der Waals surface area contributed by atoms with Crippen LogP contribution in [0.4, 0.5) is 0 Å².